The number of rotatable bonds is 7. The molecule has 2 aliphatic heterocycles. The van der Waals surface area contributed by atoms with Gasteiger partial charge in [-0.05, 0) is 55.5 Å². The van der Waals surface area contributed by atoms with E-state index in [0.29, 0.717) is 59.4 Å². The highest BCUT2D eigenvalue weighted by atomic mass is 19.3. The molecule has 8 nitrogen and oxygen atoms in total. The summed E-state index contributed by atoms with van der Waals surface area (Å²) in [5.74, 6) is 1.75. The number of benzene rings is 1. The number of aromatic nitrogens is 4. The number of pyridine rings is 1. The van der Waals surface area contributed by atoms with Crippen molar-refractivity contribution >= 4 is 28.0 Å². The van der Waals surface area contributed by atoms with Gasteiger partial charge in [0.1, 0.15) is 22.6 Å². The summed E-state index contributed by atoms with van der Waals surface area (Å²) in [6.07, 6.45) is 0.497. The molecule has 7 rings (SSSR count). The number of aryl methyl sites for hydroxylation is 1. The largest absolute Gasteiger partial charge is 0.494 e. The van der Waals surface area contributed by atoms with Gasteiger partial charge >= 0.3 is 0 Å². The Bertz CT molecular complexity index is 1590. The average molecular weight is 521 g/mol. The lowest BCUT2D eigenvalue weighted by Gasteiger charge is -2.26. The molecule has 3 aliphatic rings. The Morgan fingerprint density at radius 2 is 2.03 bits per heavy atom. The zero-order valence-corrected chi connectivity index (χ0v) is 21.6. The van der Waals surface area contributed by atoms with Crippen molar-refractivity contribution in [2.45, 2.75) is 57.3 Å². The van der Waals surface area contributed by atoms with E-state index in [1.165, 1.54) is 6.07 Å². The van der Waals surface area contributed by atoms with Gasteiger partial charge in [-0.3, -0.25) is 4.79 Å². The molecule has 0 spiro atoms. The van der Waals surface area contributed by atoms with Crippen molar-refractivity contribution in [3.8, 4) is 17.3 Å². The van der Waals surface area contributed by atoms with Gasteiger partial charge in [-0.2, -0.15) is 0 Å². The van der Waals surface area contributed by atoms with Gasteiger partial charge in [0.05, 0.1) is 18.3 Å². The van der Waals surface area contributed by atoms with E-state index < -0.39 is 6.43 Å². The molecule has 1 aliphatic carbocycles. The number of likely N-dealkylation sites (tertiary alicyclic amines) is 1. The van der Waals surface area contributed by atoms with Crippen molar-refractivity contribution in [2.24, 2.45) is 13.0 Å². The maximum absolute atomic E-state index is 13.6. The quantitative estimate of drug-likeness (QED) is 0.362. The number of piperazine rings is 1. The summed E-state index contributed by atoms with van der Waals surface area (Å²) in [6, 6.07) is 9.68. The molecule has 4 aromatic rings. The van der Waals surface area contributed by atoms with E-state index in [-0.39, 0.29) is 17.6 Å². The molecular weight excluding hydrogens is 490 g/mol. The zero-order chi connectivity index (χ0) is 26.3. The Labute approximate surface area is 218 Å². The molecule has 0 radical (unpaired) electrons. The molecule has 38 heavy (non-hydrogen) atoms. The summed E-state index contributed by atoms with van der Waals surface area (Å²) in [6.45, 7) is 3.53. The number of alkyl halides is 2. The molecule has 3 unspecified atom stereocenters. The van der Waals surface area contributed by atoms with Crippen LogP contribution in [0.2, 0.25) is 0 Å². The average Bonchev–Trinajstić information content (AvgIpc) is 3.80. The molecule has 2 saturated heterocycles. The van der Waals surface area contributed by atoms with Gasteiger partial charge in [0.25, 0.3) is 12.3 Å². The number of halogens is 2. The van der Waals surface area contributed by atoms with Crippen molar-refractivity contribution < 1.29 is 18.3 Å². The SMILES string of the molecule is CCC1C2NC2CN1C(=O)c1cc(OC)c2c(c1)nc(-c1cc3ccc(C(F)F)nc3n1CC1CC1)n2C. The minimum atomic E-state index is -2.63. The van der Waals surface area contributed by atoms with Gasteiger partial charge in [0.2, 0.25) is 0 Å². The predicted molar refractivity (Wildman–Crippen MR) is 140 cm³/mol. The van der Waals surface area contributed by atoms with Gasteiger partial charge < -0.3 is 24.1 Å². The third-order valence-electron chi connectivity index (χ3n) is 8.38. The second kappa shape index (κ2) is 8.49. The van der Waals surface area contributed by atoms with E-state index in [1.54, 1.807) is 19.2 Å². The van der Waals surface area contributed by atoms with Gasteiger partial charge in [-0.1, -0.05) is 6.92 Å². The third-order valence-corrected chi connectivity index (χ3v) is 8.38. The van der Waals surface area contributed by atoms with E-state index in [0.717, 1.165) is 35.9 Å². The predicted octanol–water partition coefficient (Wildman–Crippen LogP) is 4.52. The second-order valence-electron chi connectivity index (χ2n) is 10.8. The molecule has 1 aromatic carbocycles. The van der Waals surface area contributed by atoms with Crippen molar-refractivity contribution in [3.63, 3.8) is 0 Å². The lowest BCUT2D eigenvalue weighted by atomic mass is 10.1. The Kier molecular flexibility index (Phi) is 5.27. The monoisotopic (exact) mass is 520 g/mol. The minimum absolute atomic E-state index is 0.00942. The Balaban J connectivity index is 1.35. The summed E-state index contributed by atoms with van der Waals surface area (Å²) >= 11 is 0. The van der Waals surface area contributed by atoms with Gasteiger partial charge in [0, 0.05) is 49.2 Å². The standard InChI is InChI=1S/C28H30F2N6O2/c1-4-20-23-19(31-23)13-36(20)28(37)16-9-18-24(22(11-16)38-3)34(2)27(33-18)21-10-15-7-8-17(25(29)30)32-26(15)35(21)12-14-5-6-14/h7-11,14,19-20,23,25,31H,4-6,12-13H2,1-3H3. The van der Waals surface area contributed by atoms with Crippen LogP contribution in [0, 0.1) is 5.92 Å². The van der Waals surface area contributed by atoms with E-state index in [9.17, 15) is 13.6 Å². The smallest absolute Gasteiger partial charge is 0.280 e. The number of nitrogens with one attached hydrogen (secondary N) is 1. The maximum atomic E-state index is 13.6. The summed E-state index contributed by atoms with van der Waals surface area (Å²) in [5, 5.41) is 4.24. The molecule has 1 saturated carbocycles. The fourth-order valence-electron chi connectivity index (χ4n) is 6.16. The van der Waals surface area contributed by atoms with Crippen LogP contribution in [0.1, 0.15) is 48.7 Å². The number of ether oxygens (including phenoxy) is 1. The highest BCUT2D eigenvalue weighted by Gasteiger charge is 2.53. The molecule has 1 N–H and O–H groups in total. The molecule has 0 bridgehead atoms. The Hall–Kier alpha value is -3.53. The van der Waals surface area contributed by atoms with Crippen LogP contribution in [0.15, 0.2) is 30.3 Å². The van der Waals surface area contributed by atoms with Gasteiger partial charge in [-0.15, -0.1) is 0 Å². The van der Waals surface area contributed by atoms with Crippen LogP contribution in [0.4, 0.5) is 8.78 Å². The van der Waals surface area contributed by atoms with Gasteiger partial charge in [0.15, 0.2) is 5.82 Å². The molecule has 3 fully saturated rings. The third kappa shape index (κ3) is 3.60. The van der Waals surface area contributed by atoms with Crippen LogP contribution in [-0.2, 0) is 13.6 Å². The van der Waals surface area contributed by atoms with Crippen LogP contribution >= 0.6 is 0 Å². The van der Waals surface area contributed by atoms with E-state index in [2.05, 4.69) is 17.2 Å². The number of imidazole rings is 1. The number of carbonyl (C=O) groups excluding carboxylic acids is 1. The maximum Gasteiger partial charge on any atom is 0.280 e. The normalized spacial score (nSPS) is 22.6. The number of nitrogens with zero attached hydrogens (tertiary/aromatic N) is 5. The lowest BCUT2D eigenvalue weighted by molar-refractivity contribution is 0.0711. The van der Waals surface area contributed by atoms with Crippen LogP contribution < -0.4 is 10.1 Å². The first-order valence-electron chi connectivity index (χ1n) is 13.3. The molecule has 1 amide bonds. The number of hydrogen-bond acceptors (Lipinski definition) is 5. The number of fused-ring (bicyclic) bond motifs is 3. The van der Waals surface area contributed by atoms with Gasteiger partial charge in [-0.25, -0.2) is 18.7 Å². The van der Waals surface area contributed by atoms with Crippen LogP contribution in [0.5, 0.6) is 5.75 Å². The summed E-state index contributed by atoms with van der Waals surface area (Å²) in [5.41, 5.74) is 3.13. The van der Waals surface area contributed by atoms with Crippen molar-refractivity contribution in [2.75, 3.05) is 13.7 Å². The van der Waals surface area contributed by atoms with Crippen LogP contribution in [0.3, 0.4) is 0 Å². The molecular formula is C28H30F2N6O2. The van der Waals surface area contributed by atoms with E-state index in [1.807, 2.05) is 33.2 Å². The second-order valence-corrected chi connectivity index (χ2v) is 10.8. The van der Waals surface area contributed by atoms with Crippen molar-refractivity contribution in [3.05, 3.63) is 41.6 Å². The highest BCUT2D eigenvalue weighted by Crippen LogP contribution is 2.39. The topological polar surface area (TPSA) is 87.1 Å². The van der Waals surface area contributed by atoms with E-state index in [4.69, 9.17) is 9.72 Å². The van der Waals surface area contributed by atoms with Crippen molar-refractivity contribution in [1.29, 1.82) is 0 Å². The fourth-order valence-corrected chi connectivity index (χ4v) is 6.16. The van der Waals surface area contributed by atoms with Crippen LogP contribution in [-0.4, -0.2) is 61.7 Å². The first kappa shape index (κ1) is 23.6. The molecule has 3 atom stereocenters. The van der Waals surface area contributed by atoms with E-state index >= 15 is 0 Å². The summed E-state index contributed by atoms with van der Waals surface area (Å²) in [7, 11) is 3.51. The highest BCUT2D eigenvalue weighted by molar-refractivity contribution is 6.00. The summed E-state index contributed by atoms with van der Waals surface area (Å²) < 4.78 is 36.7. The number of carbonyl (C=O) groups is 1. The molecule has 5 heterocycles. The number of methoxy groups -OCH3 is 1. The summed E-state index contributed by atoms with van der Waals surface area (Å²) in [4.78, 5) is 24.8. The van der Waals surface area contributed by atoms with Crippen LogP contribution in [0.25, 0.3) is 33.6 Å². The molecule has 10 heteroatoms. The Morgan fingerprint density at radius 3 is 2.74 bits per heavy atom. The minimum Gasteiger partial charge on any atom is -0.494 e. The molecule has 198 valence electrons. The van der Waals surface area contributed by atoms with Crippen molar-refractivity contribution in [1.82, 2.24) is 29.3 Å². The fraction of sp³-hybridized carbons (Fsp3) is 0.464. The lowest BCUT2D eigenvalue weighted by Crippen LogP contribution is -2.41. The molecule has 3 aromatic heterocycles. The zero-order valence-electron chi connectivity index (χ0n) is 21.6. The first-order chi connectivity index (χ1) is 18.4. The number of hydrogen-bond donors (Lipinski definition) is 1. The number of amides is 1. The first-order valence-corrected chi connectivity index (χ1v) is 13.3. The Morgan fingerprint density at radius 1 is 1.21 bits per heavy atom.